The highest BCUT2D eigenvalue weighted by molar-refractivity contribution is 8.13. The maximum atomic E-state index is 10.3. The molecule has 0 bridgehead atoms. The van der Waals surface area contributed by atoms with E-state index in [2.05, 4.69) is 0 Å². The first-order chi connectivity index (χ1) is 4.16. The standard InChI is InChI=1S/C6H9O2S/c1-5(3-7)4-9-6(2)8/h5H,4H2,1-2H3. The molecule has 1 atom stereocenters. The van der Waals surface area contributed by atoms with Crippen LogP contribution in [0.3, 0.4) is 0 Å². The summed E-state index contributed by atoms with van der Waals surface area (Å²) in [6.07, 6.45) is 1.80. The Hall–Kier alpha value is -0.310. The van der Waals surface area contributed by atoms with Gasteiger partial charge in [-0.3, -0.25) is 9.59 Å². The summed E-state index contributed by atoms with van der Waals surface area (Å²) in [4.78, 5) is 20.2. The van der Waals surface area contributed by atoms with Crippen LogP contribution in [0.15, 0.2) is 0 Å². The van der Waals surface area contributed by atoms with Crippen molar-refractivity contribution in [2.24, 2.45) is 5.92 Å². The fraction of sp³-hybridized carbons (Fsp3) is 0.667. The van der Waals surface area contributed by atoms with Crippen molar-refractivity contribution in [1.82, 2.24) is 0 Å². The summed E-state index contributed by atoms with van der Waals surface area (Å²) in [7, 11) is 0. The molecule has 0 heterocycles. The maximum Gasteiger partial charge on any atom is 0.202 e. The molecule has 0 saturated heterocycles. The van der Waals surface area contributed by atoms with Gasteiger partial charge >= 0.3 is 0 Å². The molecule has 0 aromatic carbocycles. The molecule has 3 heteroatoms. The molecule has 0 amide bonds. The van der Waals surface area contributed by atoms with Gasteiger partial charge in [0.2, 0.25) is 6.29 Å². The summed E-state index contributed by atoms with van der Waals surface area (Å²) in [6.45, 7) is 3.23. The monoisotopic (exact) mass is 145 g/mol. The van der Waals surface area contributed by atoms with E-state index in [9.17, 15) is 9.59 Å². The van der Waals surface area contributed by atoms with Gasteiger partial charge in [-0.05, 0) is 0 Å². The van der Waals surface area contributed by atoms with Gasteiger partial charge in [-0.2, -0.15) is 0 Å². The summed E-state index contributed by atoms with van der Waals surface area (Å²) in [5.74, 6) is 0.428. The molecule has 0 aliphatic rings. The molecule has 0 saturated carbocycles. The van der Waals surface area contributed by atoms with Crippen LogP contribution >= 0.6 is 11.8 Å². The van der Waals surface area contributed by atoms with Crippen LogP contribution in [0.25, 0.3) is 0 Å². The van der Waals surface area contributed by atoms with E-state index in [4.69, 9.17) is 0 Å². The Morgan fingerprint density at radius 3 is 2.67 bits per heavy atom. The second kappa shape index (κ2) is 4.56. The second-order valence-corrected chi connectivity index (χ2v) is 3.02. The maximum absolute atomic E-state index is 10.3. The Morgan fingerprint density at radius 2 is 2.33 bits per heavy atom. The minimum atomic E-state index is -0.126. The molecule has 0 aromatic rings. The Kier molecular flexibility index (Phi) is 4.40. The van der Waals surface area contributed by atoms with Gasteiger partial charge in [0.15, 0.2) is 5.12 Å². The Balaban J connectivity index is 3.26. The van der Waals surface area contributed by atoms with Crippen LogP contribution in [0, 0.1) is 5.92 Å². The molecule has 0 aromatic heterocycles. The third-order valence-corrected chi connectivity index (χ3v) is 1.81. The number of carbonyl (C=O) groups is 1. The second-order valence-electron chi connectivity index (χ2n) is 1.82. The normalized spacial score (nSPS) is 12.7. The molecule has 9 heavy (non-hydrogen) atoms. The zero-order valence-corrected chi connectivity index (χ0v) is 6.33. The quantitative estimate of drug-likeness (QED) is 0.594. The van der Waals surface area contributed by atoms with Crippen LogP contribution in [0.1, 0.15) is 13.8 Å². The van der Waals surface area contributed by atoms with E-state index in [1.165, 1.54) is 6.92 Å². The van der Waals surface area contributed by atoms with E-state index in [0.29, 0.717) is 5.75 Å². The van der Waals surface area contributed by atoms with Crippen molar-refractivity contribution in [1.29, 1.82) is 0 Å². The van der Waals surface area contributed by atoms with E-state index >= 15 is 0 Å². The van der Waals surface area contributed by atoms with Crippen molar-refractivity contribution in [2.75, 3.05) is 5.75 Å². The van der Waals surface area contributed by atoms with Crippen molar-refractivity contribution in [2.45, 2.75) is 13.8 Å². The molecular weight excluding hydrogens is 136 g/mol. The van der Waals surface area contributed by atoms with Crippen LogP contribution in [0.4, 0.5) is 0 Å². The van der Waals surface area contributed by atoms with Crippen molar-refractivity contribution < 1.29 is 9.59 Å². The van der Waals surface area contributed by atoms with Gasteiger partial charge < -0.3 is 0 Å². The molecule has 1 unspecified atom stereocenters. The molecule has 0 fully saturated rings. The third-order valence-electron chi connectivity index (χ3n) is 0.738. The van der Waals surface area contributed by atoms with Crippen LogP contribution in [-0.2, 0) is 9.59 Å². The van der Waals surface area contributed by atoms with Gasteiger partial charge in [-0.1, -0.05) is 18.7 Å². The Bertz CT molecular complexity index is 112. The summed E-state index contributed by atoms with van der Waals surface area (Å²) < 4.78 is 0. The largest absolute Gasteiger partial charge is 0.291 e. The van der Waals surface area contributed by atoms with Gasteiger partial charge in [0.05, 0.1) is 0 Å². The van der Waals surface area contributed by atoms with Crippen LogP contribution < -0.4 is 0 Å². The molecule has 0 aliphatic heterocycles. The number of carbonyl (C=O) groups excluding carboxylic acids is 2. The van der Waals surface area contributed by atoms with Crippen LogP contribution in [-0.4, -0.2) is 17.2 Å². The van der Waals surface area contributed by atoms with Crippen molar-refractivity contribution >= 4 is 23.2 Å². The number of hydrogen-bond acceptors (Lipinski definition) is 3. The summed E-state index contributed by atoms with van der Waals surface area (Å²) in [5.41, 5.74) is 0. The highest BCUT2D eigenvalue weighted by Crippen LogP contribution is 2.05. The van der Waals surface area contributed by atoms with Gasteiger partial charge in [0.25, 0.3) is 0 Å². The fourth-order valence-electron chi connectivity index (χ4n) is 0.276. The van der Waals surface area contributed by atoms with E-state index in [1.54, 1.807) is 13.2 Å². The van der Waals surface area contributed by atoms with Gasteiger partial charge in [-0.25, -0.2) is 0 Å². The summed E-state index contributed by atoms with van der Waals surface area (Å²) >= 11 is 1.16. The minimum Gasteiger partial charge on any atom is -0.291 e. The zero-order chi connectivity index (χ0) is 7.28. The van der Waals surface area contributed by atoms with E-state index in [1.807, 2.05) is 0 Å². The lowest BCUT2D eigenvalue weighted by molar-refractivity contribution is -0.109. The van der Waals surface area contributed by atoms with Crippen molar-refractivity contribution in [3.8, 4) is 0 Å². The minimum absolute atomic E-state index is 0.0529. The highest BCUT2D eigenvalue weighted by Gasteiger charge is 2.01. The average molecular weight is 145 g/mol. The summed E-state index contributed by atoms with van der Waals surface area (Å²) in [6, 6.07) is 0. The van der Waals surface area contributed by atoms with Gasteiger partial charge in [0, 0.05) is 18.6 Å². The Labute approximate surface area is 59.0 Å². The molecule has 0 rings (SSSR count). The molecule has 1 radical (unpaired) electrons. The lowest BCUT2D eigenvalue weighted by atomic mass is 10.3. The molecule has 2 nitrogen and oxygen atoms in total. The van der Waals surface area contributed by atoms with E-state index < -0.39 is 0 Å². The zero-order valence-electron chi connectivity index (χ0n) is 5.51. The first-order valence-corrected chi connectivity index (χ1v) is 3.66. The molecule has 0 N–H and O–H groups in total. The highest BCUT2D eigenvalue weighted by atomic mass is 32.2. The molecule has 0 spiro atoms. The van der Waals surface area contributed by atoms with Crippen LogP contribution in [0.2, 0.25) is 0 Å². The molecule has 51 valence electrons. The van der Waals surface area contributed by atoms with Gasteiger partial charge in [0.1, 0.15) is 0 Å². The predicted octanol–water partition coefficient (Wildman–Crippen LogP) is 1.01. The lowest BCUT2D eigenvalue weighted by Crippen LogP contribution is -2.00. The smallest absolute Gasteiger partial charge is 0.202 e. The lowest BCUT2D eigenvalue weighted by Gasteiger charge is -1.96. The van der Waals surface area contributed by atoms with E-state index in [-0.39, 0.29) is 11.0 Å². The summed E-state index contributed by atoms with van der Waals surface area (Å²) in [5, 5.41) is 0.0529. The average Bonchev–Trinajstić information content (AvgIpc) is 1.83. The SMILES string of the molecule is CC(=O)SCC(C)[C]=O. The molecule has 0 aliphatic carbocycles. The number of hydrogen-bond donors (Lipinski definition) is 0. The fourth-order valence-corrected chi connectivity index (χ4v) is 0.829. The van der Waals surface area contributed by atoms with Crippen molar-refractivity contribution in [3.05, 3.63) is 0 Å². The number of rotatable bonds is 3. The van der Waals surface area contributed by atoms with Crippen molar-refractivity contribution in [3.63, 3.8) is 0 Å². The van der Waals surface area contributed by atoms with Crippen LogP contribution in [0.5, 0.6) is 0 Å². The number of thioether (sulfide) groups is 1. The topological polar surface area (TPSA) is 34.1 Å². The predicted molar refractivity (Wildman–Crippen MR) is 38.0 cm³/mol. The Morgan fingerprint density at radius 1 is 1.78 bits per heavy atom. The first-order valence-electron chi connectivity index (χ1n) is 2.68. The third kappa shape index (κ3) is 5.56. The van der Waals surface area contributed by atoms with E-state index in [0.717, 1.165) is 11.8 Å². The first kappa shape index (κ1) is 8.69. The van der Waals surface area contributed by atoms with Gasteiger partial charge in [-0.15, -0.1) is 0 Å². The molecular formula is C6H9O2S.